The number of nitrogens with one attached hydrogen (secondary N) is 1. The van der Waals surface area contributed by atoms with Crippen LogP contribution in [-0.4, -0.2) is 49.5 Å². The molecule has 2 rings (SSSR count). The van der Waals surface area contributed by atoms with Gasteiger partial charge >= 0.3 is 0 Å². The average Bonchev–Trinajstić information content (AvgIpc) is 2.73. The van der Waals surface area contributed by atoms with E-state index in [0.29, 0.717) is 27.7 Å². The topological polar surface area (TPSA) is 86.8 Å². The van der Waals surface area contributed by atoms with Crippen LogP contribution in [0.25, 0.3) is 0 Å². The first-order valence-corrected chi connectivity index (χ1v) is 14.2. The molecule has 0 aromatic heterocycles. The lowest BCUT2D eigenvalue weighted by atomic mass is 10.1. The SMILES string of the molecule is CCC(C(=O)NC(C)(C)C)N(Cc1ccc(Cl)c(Cl)c1)C(=O)CN(c1c(C)cccc1C)S(C)(=O)=O. The van der Waals surface area contributed by atoms with Crippen molar-refractivity contribution in [3.8, 4) is 0 Å². The van der Waals surface area contributed by atoms with Crippen molar-refractivity contribution >= 4 is 50.7 Å². The molecule has 1 unspecified atom stereocenters. The number of carbonyl (C=O) groups is 2. The Morgan fingerprint density at radius 1 is 1.03 bits per heavy atom. The fourth-order valence-corrected chi connectivity index (χ4v) is 5.27. The predicted molar refractivity (Wildman–Crippen MR) is 147 cm³/mol. The van der Waals surface area contributed by atoms with Crippen molar-refractivity contribution < 1.29 is 18.0 Å². The number of para-hydroxylation sites is 1. The van der Waals surface area contributed by atoms with Gasteiger partial charge in [0.1, 0.15) is 12.6 Å². The molecule has 0 saturated carbocycles. The van der Waals surface area contributed by atoms with E-state index in [-0.39, 0.29) is 12.5 Å². The lowest BCUT2D eigenvalue weighted by molar-refractivity contribution is -0.141. The number of rotatable bonds is 9. The molecule has 36 heavy (non-hydrogen) atoms. The highest BCUT2D eigenvalue weighted by Crippen LogP contribution is 2.28. The van der Waals surface area contributed by atoms with Crippen LogP contribution < -0.4 is 9.62 Å². The molecule has 0 bridgehead atoms. The zero-order chi connectivity index (χ0) is 27.4. The number of benzene rings is 2. The van der Waals surface area contributed by atoms with E-state index in [1.807, 2.05) is 33.8 Å². The maximum atomic E-state index is 13.8. The summed E-state index contributed by atoms with van der Waals surface area (Å²) >= 11 is 12.3. The van der Waals surface area contributed by atoms with Crippen LogP contribution in [0, 0.1) is 13.8 Å². The number of anilines is 1. The van der Waals surface area contributed by atoms with Crippen molar-refractivity contribution in [2.75, 3.05) is 17.1 Å². The first-order valence-electron chi connectivity index (χ1n) is 11.6. The highest BCUT2D eigenvalue weighted by molar-refractivity contribution is 7.92. The number of hydrogen-bond acceptors (Lipinski definition) is 4. The third kappa shape index (κ3) is 7.85. The van der Waals surface area contributed by atoms with Gasteiger partial charge < -0.3 is 10.2 Å². The first kappa shape index (κ1) is 29.9. The van der Waals surface area contributed by atoms with Gasteiger partial charge in [0.25, 0.3) is 0 Å². The quantitative estimate of drug-likeness (QED) is 0.466. The Morgan fingerprint density at radius 3 is 2.08 bits per heavy atom. The van der Waals surface area contributed by atoms with Crippen molar-refractivity contribution in [1.29, 1.82) is 0 Å². The number of sulfonamides is 1. The normalized spacial score (nSPS) is 12.7. The largest absolute Gasteiger partial charge is 0.350 e. The molecule has 0 spiro atoms. The molecule has 7 nitrogen and oxygen atoms in total. The van der Waals surface area contributed by atoms with Gasteiger partial charge in [0.2, 0.25) is 21.8 Å². The van der Waals surface area contributed by atoms with E-state index in [4.69, 9.17) is 23.2 Å². The number of amides is 2. The molecule has 0 aliphatic carbocycles. The van der Waals surface area contributed by atoms with Crippen LogP contribution in [0.4, 0.5) is 5.69 Å². The molecule has 0 heterocycles. The van der Waals surface area contributed by atoms with Gasteiger partial charge in [-0.3, -0.25) is 13.9 Å². The van der Waals surface area contributed by atoms with Crippen LogP contribution in [0.2, 0.25) is 10.0 Å². The summed E-state index contributed by atoms with van der Waals surface area (Å²) in [6.45, 7) is 10.6. The highest BCUT2D eigenvalue weighted by Gasteiger charge is 2.33. The molecule has 0 radical (unpaired) electrons. The Labute approximate surface area is 224 Å². The second-order valence-corrected chi connectivity index (χ2v) is 12.7. The minimum Gasteiger partial charge on any atom is -0.350 e. The van der Waals surface area contributed by atoms with Crippen LogP contribution in [-0.2, 0) is 26.2 Å². The zero-order valence-corrected chi connectivity index (χ0v) is 24.2. The van der Waals surface area contributed by atoms with Gasteiger partial charge in [-0.25, -0.2) is 8.42 Å². The van der Waals surface area contributed by atoms with Gasteiger partial charge in [0.05, 0.1) is 22.0 Å². The zero-order valence-electron chi connectivity index (χ0n) is 21.9. The molecule has 198 valence electrons. The fraction of sp³-hybridized carbons (Fsp3) is 0.462. The molecule has 2 aromatic rings. The Bertz CT molecular complexity index is 1210. The van der Waals surface area contributed by atoms with Gasteiger partial charge in [0.15, 0.2) is 0 Å². The molecule has 0 saturated heterocycles. The number of carbonyl (C=O) groups excluding carboxylic acids is 2. The minimum atomic E-state index is -3.81. The van der Waals surface area contributed by atoms with E-state index in [1.54, 1.807) is 44.2 Å². The fourth-order valence-electron chi connectivity index (χ4n) is 3.98. The van der Waals surface area contributed by atoms with Crippen LogP contribution in [0.3, 0.4) is 0 Å². The number of aryl methyl sites for hydroxylation is 2. The molecule has 1 atom stereocenters. The molecular formula is C26H35Cl2N3O4S. The second-order valence-electron chi connectivity index (χ2n) is 9.94. The summed E-state index contributed by atoms with van der Waals surface area (Å²) < 4.78 is 26.8. The Kier molecular flexibility index (Phi) is 9.84. The Balaban J connectivity index is 2.54. The maximum Gasteiger partial charge on any atom is 0.244 e. The summed E-state index contributed by atoms with van der Waals surface area (Å²) in [5.74, 6) is -0.832. The van der Waals surface area contributed by atoms with Gasteiger partial charge in [-0.05, 0) is 69.9 Å². The van der Waals surface area contributed by atoms with Crippen LogP contribution in [0.1, 0.15) is 50.8 Å². The first-order chi connectivity index (χ1) is 16.5. The Morgan fingerprint density at radius 2 is 1.61 bits per heavy atom. The third-order valence-electron chi connectivity index (χ3n) is 5.59. The van der Waals surface area contributed by atoms with E-state index >= 15 is 0 Å². The number of nitrogens with zero attached hydrogens (tertiary/aromatic N) is 2. The molecule has 2 aromatic carbocycles. The Hall–Kier alpha value is -2.29. The van der Waals surface area contributed by atoms with Crippen LogP contribution in [0.5, 0.6) is 0 Å². The average molecular weight is 557 g/mol. The number of hydrogen-bond donors (Lipinski definition) is 1. The van der Waals surface area contributed by atoms with Gasteiger partial charge in [-0.2, -0.15) is 0 Å². The monoisotopic (exact) mass is 555 g/mol. The molecule has 0 aliphatic rings. The smallest absolute Gasteiger partial charge is 0.244 e. The standard InChI is InChI=1S/C26H35Cl2N3O4S/c1-8-22(25(33)29-26(4,5)6)30(15-19-12-13-20(27)21(28)14-19)23(32)16-31(36(7,34)35)24-17(2)10-9-11-18(24)3/h9-14,22H,8,15-16H2,1-7H3,(H,29,33). The van der Waals surface area contributed by atoms with E-state index in [1.165, 1.54) is 4.90 Å². The summed E-state index contributed by atoms with van der Waals surface area (Å²) in [6.07, 6.45) is 1.40. The van der Waals surface area contributed by atoms with Crippen molar-refractivity contribution in [3.05, 3.63) is 63.1 Å². The summed E-state index contributed by atoms with van der Waals surface area (Å²) in [7, 11) is -3.81. The lowest BCUT2D eigenvalue weighted by Gasteiger charge is -2.35. The summed E-state index contributed by atoms with van der Waals surface area (Å²) in [5.41, 5.74) is 2.05. The van der Waals surface area contributed by atoms with E-state index in [0.717, 1.165) is 21.7 Å². The molecule has 0 aliphatic heterocycles. The predicted octanol–water partition coefficient (Wildman–Crippen LogP) is 5.10. The lowest BCUT2D eigenvalue weighted by Crippen LogP contribution is -2.55. The van der Waals surface area contributed by atoms with Gasteiger partial charge in [-0.1, -0.05) is 54.4 Å². The third-order valence-corrected chi connectivity index (χ3v) is 7.44. The minimum absolute atomic E-state index is 0.0517. The molecule has 0 fully saturated rings. The highest BCUT2D eigenvalue weighted by atomic mass is 35.5. The number of halogens is 2. The van der Waals surface area contributed by atoms with E-state index < -0.39 is 34.1 Å². The van der Waals surface area contributed by atoms with Crippen molar-refractivity contribution in [1.82, 2.24) is 10.2 Å². The molecule has 1 N–H and O–H groups in total. The van der Waals surface area contributed by atoms with E-state index in [9.17, 15) is 18.0 Å². The van der Waals surface area contributed by atoms with Crippen molar-refractivity contribution in [2.45, 2.75) is 66.1 Å². The van der Waals surface area contributed by atoms with Crippen LogP contribution in [0.15, 0.2) is 36.4 Å². The van der Waals surface area contributed by atoms with Crippen LogP contribution >= 0.6 is 23.2 Å². The van der Waals surface area contributed by atoms with Crippen molar-refractivity contribution in [2.24, 2.45) is 0 Å². The van der Waals surface area contributed by atoms with Crippen molar-refractivity contribution in [3.63, 3.8) is 0 Å². The second kappa shape index (κ2) is 11.8. The summed E-state index contributed by atoms with van der Waals surface area (Å²) in [4.78, 5) is 28.4. The van der Waals surface area contributed by atoms with Gasteiger partial charge in [0, 0.05) is 12.1 Å². The molecular weight excluding hydrogens is 521 g/mol. The maximum absolute atomic E-state index is 13.8. The molecule has 2 amide bonds. The summed E-state index contributed by atoms with van der Waals surface area (Å²) in [6, 6.07) is 9.58. The summed E-state index contributed by atoms with van der Waals surface area (Å²) in [5, 5.41) is 3.62. The van der Waals surface area contributed by atoms with E-state index in [2.05, 4.69) is 5.32 Å². The van der Waals surface area contributed by atoms with Gasteiger partial charge in [-0.15, -0.1) is 0 Å². The molecule has 10 heteroatoms.